The summed E-state index contributed by atoms with van der Waals surface area (Å²) in [5.74, 6) is -0.335. The van der Waals surface area contributed by atoms with E-state index in [1.54, 1.807) is 0 Å². The minimum absolute atomic E-state index is 0.417. The molecule has 1 aliphatic rings. The van der Waals surface area contributed by atoms with Crippen LogP contribution in [0, 0.1) is 6.92 Å². The minimum atomic E-state index is -0.751. The summed E-state index contributed by atoms with van der Waals surface area (Å²) in [6.07, 6.45) is 2.23. The molecule has 19 heavy (non-hydrogen) atoms. The summed E-state index contributed by atoms with van der Waals surface area (Å²) in [6.45, 7) is 6.26. The standard InChI is InChI=1S/C16H23NO2/c1-10(2)12-6-5-11(3)14(9-12)15(16(18)19)17(4)13-7-8-13/h5-6,9-10,13,15H,7-8H2,1-4H3,(H,18,19). The molecule has 0 aromatic heterocycles. The molecule has 1 aromatic carbocycles. The Kier molecular flexibility index (Phi) is 3.95. The molecular formula is C16H23NO2. The van der Waals surface area contributed by atoms with Gasteiger partial charge >= 0.3 is 5.97 Å². The van der Waals surface area contributed by atoms with Crippen molar-refractivity contribution in [2.45, 2.75) is 51.6 Å². The fraction of sp³-hybridized carbons (Fsp3) is 0.562. The molecule has 1 aliphatic carbocycles. The van der Waals surface area contributed by atoms with Crippen LogP contribution in [-0.4, -0.2) is 29.1 Å². The molecule has 0 aliphatic heterocycles. The summed E-state index contributed by atoms with van der Waals surface area (Å²) < 4.78 is 0. The van der Waals surface area contributed by atoms with E-state index in [4.69, 9.17) is 0 Å². The van der Waals surface area contributed by atoms with Gasteiger partial charge in [0.25, 0.3) is 0 Å². The monoisotopic (exact) mass is 261 g/mol. The number of hydrogen-bond donors (Lipinski definition) is 1. The van der Waals surface area contributed by atoms with Crippen LogP contribution in [-0.2, 0) is 4.79 Å². The van der Waals surface area contributed by atoms with Gasteiger partial charge in [-0.1, -0.05) is 32.0 Å². The molecule has 1 aromatic rings. The Bertz CT molecular complexity index is 478. The zero-order valence-corrected chi connectivity index (χ0v) is 12.2. The van der Waals surface area contributed by atoms with E-state index >= 15 is 0 Å². The lowest BCUT2D eigenvalue weighted by molar-refractivity contribution is -0.143. The van der Waals surface area contributed by atoms with Gasteiger partial charge in [-0.2, -0.15) is 0 Å². The number of hydrogen-bond acceptors (Lipinski definition) is 2. The van der Waals surface area contributed by atoms with Crippen molar-refractivity contribution in [2.75, 3.05) is 7.05 Å². The minimum Gasteiger partial charge on any atom is -0.480 e. The number of carbonyl (C=O) groups is 1. The van der Waals surface area contributed by atoms with Gasteiger partial charge in [0.1, 0.15) is 6.04 Å². The van der Waals surface area contributed by atoms with Gasteiger partial charge in [0.15, 0.2) is 0 Å². The van der Waals surface area contributed by atoms with E-state index in [-0.39, 0.29) is 0 Å². The third kappa shape index (κ3) is 2.98. The summed E-state index contributed by atoms with van der Waals surface area (Å²) in [5.41, 5.74) is 3.20. The number of nitrogens with zero attached hydrogens (tertiary/aromatic N) is 1. The van der Waals surface area contributed by atoms with Crippen LogP contribution in [0.25, 0.3) is 0 Å². The summed E-state index contributed by atoms with van der Waals surface area (Å²) in [6, 6.07) is 6.12. The molecule has 0 spiro atoms. The van der Waals surface area contributed by atoms with Crippen LogP contribution in [0.15, 0.2) is 18.2 Å². The molecule has 1 fully saturated rings. The third-order valence-electron chi connectivity index (χ3n) is 4.03. The Morgan fingerprint density at radius 2 is 2.00 bits per heavy atom. The van der Waals surface area contributed by atoms with Gasteiger partial charge in [0.2, 0.25) is 0 Å². The number of aliphatic carboxylic acids is 1. The first-order chi connectivity index (χ1) is 8.91. The van der Waals surface area contributed by atoms with Crippen LogP contribution >= 0.6 is 0 Å². The van der Waals surface area contributed by atoms with Gasteiger partial charge in [-0.3, -0.25) is 9.69 Å². The van der Waals surface area contributed by atoms with Crippen molar-refractivity contribution < 1.29 is 9.90 Å². The smallest absolute Gasteiger partial charge is 0.325 e. The van der Waals surface area contributed by atoms with Crippen molar-refractivity contribution in [1.29, 1.82) is 0 Å². The topological polar surface area (TPSA) is 40.5 Å². The number of aryl methyl sites for hydroxylation is 1. The fourth-order valence-electron chi connectivity index (χ4n) is 2.53. The molecule has 0 radical (unpaired) electrons. The lowest BCUT2D eigenvalue weighted by Gasteiger charge is -2.26. The molecule has 104 valence electrons. The third-order valence-corrected chi connectivity index (χ3v) is 4.03. The maximum absolute atomic E-state index is 11.7. The van der Waals surface area contributed by atoms with Crippen LogP contribution < -0.4 is 0 Å². The molecule has 3 heteroatoms. The second-order valence-corrected chi connectivity index (χ2v) is 5.91. The first-order valence-corrected chi connectivity index (χ1v) is 6.97. The number of benzene rings is 1. The average Bonchev–Trinajstić information content (AvgIpc) is 3.14. The molecule has 1 atom stereocenters. The molecule has 3 nitrogen and oxygen atoms in total. The molecule has 1 saturated carbocycles. The molecule has 0 amide bonds. The van der Waals surface area contributed by atoms with E-state index < -0.39 is 12.0 Å². The fourth-order valence-corrected chi connectivity index (χ4v) is 2.53. The van der Waals surface area contributed by atoms with E-state index in [0.717, 1.165) is 24.0 Å². The number of carboxylic acids is 1. The number of carboxylic acid groups (broad SMARTS) is 1. The Labute approximate surface area is 115 Å². The Balaban J connectivity index is 2.40. The summed E-state index contributed by atoms with van der Waals surface area (Å²) in [4.78, 5) is 13.7. The SMILES string of the molecule is Cc1ccc(C(C)C)cc1C(C(=O)O)N(C)C1CC1. The summed E-state index contributed by atoms with van der Waals surface area (Å²) in [5, 5.41) is 9.59. The average molecular weight is 261 g/mol. The Morgan fingerprint density at radius 1 is 1.37 bits per heavy atom. The van der Waals surface area contributed by atoms with Crippen molar-refractivity contribution in [1.82, 2.24) is 4.90 Å². The van der Waals surface area contributed by atoms with Crippen LogP contribution in [0.5, 0.6) is 0 Å². The van der Waals surface area contributed by atoms with Crippen LogP contribution in [0.1, 0.15) is 55.3 Å². The predicted molar refractivity (Wildman–Crippen MR) is 76.4 cm³/mol. The first kappa shape index (κ1) is 14.1. The zero-order valence-electron chi connectivity index (χ0n) is 12.2. The van der Waals surface area contributed by atoms with Crippen molar-refractivity contribution in [3.05, 3.63) is 34.9 Å². The molecule has 0 saturated heterocycles. The van der Waals surface area contributed by atoms with Gasteiger partial charge in [-0.25, -0.2) is 0 Å². The summed E-state index contributed by atoms with van der Waals surface area (Å²) >= 11 is 0. The van der Waals surface area contributed by atoms with Gasteiger partial charge in [-0.05, 0) is 49.4 Å². The van der Waals surface area contributed by atoms with Crippen LogP contribution in [0.3, 0.4) is 0 Å². The highest BCUT2D eigenvalue weighted by Gasteiger charge is 2.36. The lowest BCUT2D eigenvalue weighted by Crippen LogP contribution is -2.33. The van der Waals surface area contributed by atoms with Crippen LogP contribution in [0.2, 0.25) is 0 Å². The number of rotatable bonds is 5. The quantitative estimate of drug-likeness (QED) is 0.883. The highest BCUT2D eigenvalue weighted by molar-refractivity contribution is 5.76. The Morgan fingerprint density at radius 3 is 2.47 bits per heavy atom. The summed E-state index contributed by atoms with van der Waals surface area (Å²) in [7, 11) is 1.93. The van der Waals surface area contributed by atoms with Crippen molar-refractivity contribution >= 4 is 5.97 Å². The second-order valence-electron chi connectivity index (χ2n) is 5.91. The molecule has 1 unspecified atom stereocenters. The Hall–Kier alpha value is -1.35. The lowest BCUT2D eigenvalue weighted by atomic mass is 9.93. The molecule has 1 N–H and O–H groups in total. The van der Waals surface area contributed by atoms with E-state index in [2.05, 4.69) is 26.0 Å². The van der Waals surface area contributed by atoms with E-state index in [9.17, 15) is 9.90 Å². The molecule has 2 rings (SSSR count). The van der Waals surface area contributed by atoms with Gasteiger partial charge in [0, 0.05) is 6.04 Å². The van der Waals surface area contributed by atoms with E-state index in [1.807, 2.05) is 24.9 Å². The second kappa shape index (κ2) is 5.33. The highest BCUT2D eigenvalue weighted by atomic mass is 16.4. The normalized spacial score (nSPS) is 16.9. The maximum Gasteiger partial charge on any atom is 0.325 e. The van der Waals surface area contributed by atoms with Crippen molar-refractivity contribution in [2.24, 2.45) is 0 Å². The van der Waals surface area contributed by atoms with Gasteiger partial charge in [-0.15, -0.1) is 0 Å². The van der Waals surface area contributed by atoms with Gasteiger partial charge < -0.3 is 5.11 Å². The van der Waals surface area contributed by atoms with Crippen LogP contribution in [0.4, 0.5) is 0 Å². The van der Waals surface area contributed by atoms with Crippen molar-refractivity contribution in [3.63, 3.8) is 0 Å². The number of likely N-dealkylation sites (N-methyl/N-ethyl adjacent to an activating group) is 1. The zero-order chi connectivity index (χ0) is 14.2. The predicted octanol–water partition coefficient (Wildman–Crippen LogP) is 3.34. The van der Waals surface area contributed by atoms with Crippen molar-refractivity contribution in [3.8, 4) is 0 Å². The maximum atomic E-state index is 11.7. The van der Waals surface area contributed by atoms with E-state index in [1.165, 1.54) is 5.56 Å². The molecular weight excluding hydrogens is 238 g/mol. The van der Waals surface area contributed by atoms with E-state index in [0.29, 0.717) is 12.0 Å². The molecule has 0 heterocycles. The largest absolute Gasteiger partial charge is 0.480 e. The first-order valence-electron chi connectivity index (χ1n) is 6.97. The molecule has 0 bridgehead atoms. The highest BCUT2D eigenvalue weighted by Crippen LogP contribution is 2.35. The van der Waals surface area contributed by atoms with Gasteiger partial charge in [0.05, 0.1) is 0 Å².